The highest BCUT2D eigenvalue weighted by molar-refractivity contribution is 6.30. The molecular weight excluding hydrogens is 277 g/mol. The van der Waals surface area contributed by atoms with Crippen molar-refractivity contribution >= 4 is 17.5 Å². The topological polar surface area (TPSA) is 29.1 Å². The van der Waals surface area contributed by atoms with E-state index in [1.807, 2.05) is 37.3 Å². The summed E-state index contributed by atoms with van der Waals surface area (Å²) in [5.74, 6) is -1.05. The molecule has 1 atom stereocenters. The van der Waals surface area contributed by atoms with E-state index in [1.54, 1.807) is 0 Å². The molecule has 1 N–H and O–H groups in total. The molecule has 0 radical (unpaired) electrons. The highest BCUT2D eigenvalue weighted by Gasteiger charge is 2.16. The molecule has 0 spiro atoms. The molecule has 1 unspecified atom stereocenters. The summed E-state index contributed by atoms with van der Waals surface area (Å²) in [6.07, 6.45) is 0.727. The van der Waals surface area contributed by atoms with Crippen molar-refractivity contribution in [1.82, 2.24) is 5.32 Å². The highest BCUT2D eigenvalue weighted by Crippen LogP contribution is 2.19. The fraction of sp³-hybridized carbons (Fsp3) is 0.188. The van der Waals surface area contributed by atoms with Crippen molar-refractivity contribution in [1.29, 1.82) is 0 Å². The van der Waals surface area contributed by atoms with Gasteiger partial charge in [0, 0.05) is 5.02 Å². The summed E-state index contributed by atoms with van der Waals surface area (Å²) in [6.45, 7) is 1.97. The number of halogens is 2. The van der Waals surface area contributed by atoms with Crippen molar-refractivity contribution in [3.05, 3.63) is 70.5 Å². The molecule has 0 saturated carbocycles. The maximum Gasteiger partial charge on any atom is 0.254 e. The van der Waals surface area contributed by atoms with Crippen molar-refractivity contribution in [2.24, 2.45) is 0 Å². The minimum Gasteiger partial charge on any atom is -0.345 e. The third-order valence-electron chi connectivity index (χ3n) is 3.09. The lowest BCUT2D eigenvalue weighted by Crippen LogP contribution is -2.28. The molecule has 104 valence electrons. The van der Waals surface area contributed by atoms with E-state index in [2.05, 4.69) is 5.32 Å². The van der Waals surface area contributed by atoms with Crippen LogP contribution in [-0.2, 0) is 0 Å². The molecule has 2 rings (SSSR count). The Kier molecular flexibility index (Phi) is 4.74. The molecule has 0 aliphatic heterocycles. The Bertz CT molecular complexity index is 601. The standard InChI is InChI=1S/C16H15ClFNO/c1-2-15(11-6-4-3-5-7-11)19-16(20)13-9-8-12(17)10-14(13)18/h3-10,15H,2H2,1H3,(H,19,20). The van der Waals surface area contributed by atoms with Gasteiger partial charge in [-0.2, -0.15) is 0 Å². The van der Waals surface area contributed by atoms with Gasteiger partial charge in [0.1, 0.15) is 5.82 Å². The Morgan fingerprint density at radius 2 is 1.95 bits per heavy atom. The summed E-state index contributed by atoms with van der Waals surface area (Å²) in [5.41, 5.74) is 1.00. The highest BCUT2D eigenvalue weighted by atomic mass is 35.5. The fourth-order valence-corrected chi connectivity index (χ4v) is 2.17. The number of hydrogen-bond acceptors (Lipinski definition) is 1. The maximum atomic E-state index is 13.7. The molecule has 0 aliphatic rings. The predicted octanol–water partition coefficient (Wildman–Crippen LogP) is 4.36. The van der Waals surface area contributed by atoms with Gasteiger partial charge in [-0.15, -0.1) is 0 Å². The summed E-state index contributed by atoms with van der Waals surface area (Å²) in [5, 5.41) is 3.11. The number of carbonyl (C=O) groups is 1. The quantitative estimate of drug-likeness (QED) is 0.891. The molecular formula is C16H15ClFNO. The first kappa shape index (κ1) is 14.5. The van der Waals surface area contributed by atoms with Crippen LogP contribution in [0.1, 0.15) is 35.3 Å². The van der Waals surface area contributed by atoms with Crippen LogP contribution < -0.4 is 5.32 Å². The van der Waals surface area contributed by atoms with Crippen LogP contribution in [0.3, 0.4) is 0 Å². The number of amides is 1. The van der Waals surface area contributed by atoms with Crippen LogP contribution in [0.25, 0.3) is 0 Å². The number of benzene rings is 2. The Labute approximate surface area is 122 Å². The second-order valence-electron chi connectivity index (χ2n) is 4.47. The van der Waals surface area contributed by atoms with E-state index in [0.29, 0.717) is 0 Å². The van der Waals surface area contributed by atoms with E-state index in [-0.39, 0.29) is 16.6 Å². The lowest BCUT2D eigenvalue weighted by Gasteiger charge is -2.17. The predicted molar refractivity (Wildman–Crippen MR) is 78.4 cm³/mol. The van der Waals surface area contributed by atoms with Crippen LogP contribution in [0, 0.1) is 5.82 Å². The number of hydrogen-bond donors (Lipinski definition) is 1. The molecule has 0 saturated heterocycles. The van der Waals surface area contributed by atoms with E-state index in [1.165, 1.54) is 12.1 Å². The van der Waals surface area contributed by atoms with Gasteiger partial charge in [-0.1, -0.05) is 48.9 Å². The zero-order valence-electron chi connectivity index (χ0n) is 11.1. The van der Waals surface area contributed by atoms with E-state index in [9.17, 15) is 9.18 Å². The number of nitrogens with one attached hydrogen (secondary N) is 1. The van der Waals surface area contributed by atoms with Gasteiger partial charge in [0.15, 0.2) is 0 Å². The van der Waals surface area contributed by atoms with E-state index >= 15 is 0 Å². The van der Waals surface area contributed by atoms with Crippen LogP contribution >= 0.6 is 11.6 Å². The minimum absolute atomic E-state index is 0.00350. The lowest BCUT2D eigenvalue weighted by molar-refractivity contribution is 0.0931. The Balaban J connectivity index is 2.17. The van der Waals surface area contributed by atoms with Gasteiger partial charge in [-0.3, -0.25) is 4.79 Å². The number of carbonyl (C=O) groups excluding carboxylic acids is 1. The Hall–Kier alpha value is -1.87. The summed E-state index contributed by atoms with van der Waals surface area (Å²) >= 11 is 5.68. The molecule has 2 aromatic carbocycles. The summed E-state index contributed by atoms with van der Waals surface area (Å²) in [7, 11) is 0. The van der Waals surface area contributed by atoms with Gasteiger partial charge in [0.05, 0.1) is 11.6 Å². The van der Waals surface area contributed by atoms with Gasteiger partial charge in [0.2, 0.25) is 0 Å². The van der Waals surface area contributed by atoms with Gasteiger partial charge in [-0.05, 0) is 30.2 Å². The summed E-state index contributed by atoms with van der Waals surface area (Å²) in [4.78, 5) is 12.1. The molecule has 0 heterocycles. The minimum atomic E-state index is -0.613. The van der Waals surface area contributed by atoms with Gasteiger partial charge >= 0.3 is 0 Å². The Morgan fingerprint density at radius 3 is 2.55 bits per heavy atom. The largest absolute Gasteiger partial charge is 0.345 e. The molecule has 20 heavy (non-hydrogen) atoms. The normalized spacial score (nSPS) is 11.9. The molecule has 0 aromatic heterocycles. The SMILES string of the molecule is CCC(NC(=O)c1ccc(Cl)cc1F)c1ccccc1. The van der Waals surface area contributed by atoms with Crippen LogP contribution in [0.15, 0.2) is 48.5 Å². The Morgan fingerprint density at radius 1 is 1.25 bits per heavy atom. The molecule has 4 heteroatoms. The van der Waals surface area contributed by atoms with Gasteiger partial charge in [0.25, 0.3) is 5.91 Å². The van der Waals surface area contributed by atoms with Crippen molar-refractivity contribution in [3.63, 3.8) is 0 Å². The van der Waals surface area contributed by atoms with Crippen molar-refractivity contribution in [2.45, 2.75) is 19.4 Å². The number of rotatable bonds is 4. The molecule has 2 aromatic rings. The average molecular weight is 292 g/mol. The van der Waals surface area contributed by atoms with Crippen molar-refractivity contribution in [3.8, 4) is 0 Å². The lowest BCUT2D eigenvalue weighted by atomic mass is 10.0. The third-order valence-corrected chi connectivity index (χ3v) is 3.33. The maximum absolute atomic E-state index is 13.7. The second kappa shape index (κ2) is 6.53. The van der Waals surface area contributed by atoms with Crippen LogP contribution in [-0.4, -0.2) is 5.91 Å². The van der Waals surface area contributed by atoms with Crippen LogP contribution in [0.4, 0.5) is 4.39 Å². The van der Waals surface area contributed by atoms with E-state index < -0.39 is 11.7 Å². The van der Waals surface area contributed by atoms with E-state index in [4.69, 9.17) is 11.6 Å². The third kappa shape index (κ3) is 3.36. The molecule has 1 amide bonds. The summed E-state index contributed by atoms with van der Waals surface area (Å²) in [6, 6.07) is 13.5. The van der Waals surface area contributed by atoms with Crippen LogP contribution in [0.2, 0.25) is 5.02 Å². The zero-order chi connectivity index (χ0) is 14.5. The zero-order valence-corrected chi connectivity index (χ0v) is 11.8. The smallest absolute Gasteiger partial charge is 0.254 e. The molecule has 0 fully saturated rings. The van der Waals surface area contributed by atoms with Crippen LogP contribution in [0.5, 0.6) is 0 Å². The molecule has 2 nitrogen and oxygen atoms in total. The first-order valence-corrected chi connectivity index (χ1v) is 6.80. The second-order valence-corrected chi connectivity index (χ2v) is 4.91. The average Bonchev–Trinajstić information content (AvgIpc) is 2.45. The fourth-order valence-electron chi connectivity index (χ4n) is 2.02. The summed E-state index contributed by atoms with van der Waals surface area (Å²) < 4.78 is 13.7. The first-order chi connectivity index (χ1) is 9.61. The van der Waals surface area contributed by atoms with Gasteiger partial charge in [-0.25, -0.2) is 4.39 Å². The first-order valence-electron chi connectivity index (χ1n) is 6.42. The van der Waals surface area contributed by atoms with Gasteiger partial charge < -0.3 is 5.32 Å². The molecule has 0 aliphatic carbocycles. The van der Waals surface area contributed by atoms with Crippen molar-refractivity contribution < 1.29 is 9.18 Å². The van der Waals surface area contributed by atoms with E-state index in [0.717, 1.165) is 18.1 Å². The van der Waals surface area contributed by atoms with Crippen molar-refractivity contribution in [2.75, 3.05) is 0 Å². The monoisotopic (exact) mass is 291 g/mol. The molecule has 0 bridgehead atoms.